The summed E-state index contributed by atoms with van der Waals surface area (Å²) in [5.41, 5.74) is 1.09. The number of rotatable bonds is 7. The van der Waals surface area contributed by atoms with Crippen molar-refractivity contribution < 1.29 is 17.9 Å². The van der Waals surface area contributed by atoms with E-state index in [0.29, 0.717) is 51.9 Å². The number of hydrogen-bond acceptors (Lipinski definition) is 4. The van der Waals surface area contributed by atoms with Crippen LogP contribution in [-0.2, 0) is 21.2 Å². The van der Waals surface area contributed by atoms with E-state index >= 15 is 0 Å². The molecule has 2 rings (SSSR count). The van der Waals surface area contributed by atoms with Crippen molar-refractivity contribution in [2.45, 2.75) is 32.6 Å². The molecule has 0 spiro atoms. The van der Waals surface area contributed by atoms with Crippen molar-refractivity contribution in [1.29, 1.82) is 0 Å². The summed E-state index contributed by atoms with van der Waals surface area (Å²) >= 11 is 0. The molecule has 0 bridgehead atoms. The van der Waals surface area contributed by atoms with Crippen LogP contribution in [0.2, 0.25) is 0 Å². The molecule has 1 fully saturated rings. The molecule has 1 aliphatic rings. The Balaban J connectivity index is 1.85. The van der Waals surface area contributed by atoms with E-state index in [9.17, 15) is 13.2 Å². The molecule has 0 unspecified atom stereocenters. The number of hydrogen-bond donors (Lipinski definition) is 0. The summed E-state index contributed by atoms with van der Waals surface area (Å²) in [7, 11) is -1.56. The van der Waals surface area contributed by atoms with Gasteiger partial charge in [-0.2, -0.15) is 0 Å². The Hall–Kier alpha value is -1.60. The van der Waals surface area contributed by atoms with Gasteiger partial charge in [0.2, 0.25) is 15.9 Å². The standard InChI is InChI=1S/C18H28N2O4S/c1-3-15-25(22,23)20-12-4-11-19(13-14-20)18(21)10-7-16-5-8-17(24-2)9-6-16/h5-6,8-9H,3-4,7,10-15H2,1-2H3. The molecule has 1 amide bonds. The SMILES string of the molecule is CCCS(=O)(=O)N1CCCN(C(=O)CCc2ccc(OC)cc2)CC1. The first kappa shape index (κ1) is 19.7. The third kappa shape index (κ3) is 5.71. The van der Waals surface area contributed by atoms with Gasteiger partial charge in [0.15, 0.2) is 0 Å². The van der Waals surface area contributed by atoms with Crippen LogP contribution in [0.3, 0.4) is 0 Å². The average molecular weight is 368 g/mol. The highest BCUT2D eigenvalue weighted by atomic mass is 32.2. The van der Waals surface area contributed by atoms with Crippen molar-refractivity contribution in [2.24, 2.45) is 0 Å². The van der Waals surface area contributed by atoms with Gasteiger partial charge in [0.1, 0.15) is 5.75 Å². The van der Waals surface area contributed by atoms with E-state index in [0.717, 1.165) is 11.3 Å². The van der Waals surface area contributed by atoms with Gasteiger partial charge in [0.05, 0.1) is 12.9 Å². The number of benzene rings is 1. The van der Waals surface area contributed by atoms with Gasteiger partial charge in [-0.25, -0.2) is 12.7 Å². The maximum atomic E-state index is 12.5. The van der Waals surface area contributed by atoms with Gasteiger partial charge < -0.3 is 9.64 Å². The molecule has 0 aromatic heterocycles. The number of ether oxygens (including phenoxy) is 1. The number of carbonyl (C=O) groups excluding carboxylic acids is 1. The van der Waals surface area contributed by atoms with E-state index in [1.807, 2.05) is 31.2 Å². The van der Waals surface area contributed by atoms with Crippen molar-refractivity contribution in [3.05, 3.63) is 29.8 Å². The lowest BCUT2D eigenvalue weighted by molar-refractivity contribution is -0.131. The van der Waals surface area contributed by atoms with Crippen LogP contribution >= 0.6 is 0 Å². The van der Waals surface area contributed by atoms with Crippen LogP contribution in [0.4, 0.5) is 0 Å². The summed E-state index contributed by atoms with van der Waals surface area (Å²) in [6.45, 7) is 3.87. The lowest BCUT2D eigenvalue weighted by Crippen LogP contribution is -2.38. The number of aryl methyl sites for hydroxylation is 1. The molecule has 1 aromatic rings. The molecule has 140 valence electrons. The Morgan fingerprint density at radius 3 is 2.48 bits per heavy atom. The van der Waals surface area contributed by atoms with Crippen molar-refractivity contribution >= 4 is 15.9 Å². The van der Waals surface area contributed by atoms with Gasteiger partial charge in [-0.3, -0.25) is 4.79 Å². The van der Waals surface area contributed by atoms with E-state index in [2.05, 4.69) is 0 Å². The minimum absolute atomic E-state index is 0.0885. The normalized spacial score (nSPS) is 16.5. The van der Waals surface area contributed by atoms with E-state index in [1.165, 1.54) is 4.31 Å². The Morgan fingerprint density at radius 2 is 1.84 bits per heavy atom. The molecule has 7 heteroatoms. The molecule has 0 atom stereocenters. The van der Waals surface area contributed by atoms with E-state index in [1.54, 1.807) is 12.0 Å². The molecule has 6 nitrogen and oxygen atoms in total. The number of amides is 1. The molecule has 1 saturated heterocycles. The molecule has 0 N–H and O–H groups in total. The van der Waals surface area contributed by atoms with Gasteiger partial charge >= 0.3 is 0 Å². The summed E-state index contributed by atoms with van der Waals surface area (Å²) < 4.78 is 31.0. The maximum absolute atomic E-state index is 12.5. The van der Waals surface area contributed by atoms with E-state index < -0.39 is 10.0 Å². The predicted octanol–water partition coefficient (Wildman–Crippen LogP) is 1.90. The van der Waals surface area contributed by atoms with Crippen molar-refractivity contribution in [2.75, 3.05) is 39.0 Å². The molecule has 0 saturated carbocycles. The number of sulfonamides is 1. The molecule has 1 heterocycles. The molecular formula is C18H28N2O4S. The zero-order valence-corrected chi connectivity index (χ0v) is 15.9. The van der Waals surface area contributed by atoms with Gasteiger partial charge in [-0.15, -0.1) is 0 Å². The number of methoxy groups -OCH3 is 1. The monoisotopic (exact) mass is 368 g/mol. The maximum Gasteiger partial charge on any atom is 0.222 e. The summed E-state index contributed by atoms with van der Waals surface area (Å²) in [6.07, 6.45) is 2.42. The van der Waals surface area contributed by atoms with Gasteiger partial charge in [0.25, 0.3) is 0 Å². The number of carbonyl (C=O) groups is 1. The highest BCUT2D eigenvalue weighted by Gasteiger charge is 2.25. The third-order valence-electron chi connectivity index (χ3n) is 4.45. The zero-order valence-electron chi connectivity index (χ0n) is 15.1. The number of nitrogens with zero attached hydrogens (tertiary/aromatic N) is 2. The first-order valence-electron chi connectivity index (χ1n) is 8.85. The second-order valence-corrected chi connectivity index (χ2v) is 8.39. The summed E-state index contributed by atoms with van der Waals surface area (Å²) in [6, 6.07) is 7.71. The molecular weight excluding hydrogens is 340 g/mol. The topological polar surface area (TPSA) is 66.9 Å². The summed E-state index contributed by atoms with van der Waals surface area (Å²) in [5.74, 6) is 1.07. The van der Waals surface area contributed by atoms with Crippen LogP contribution < -0.4 is 4.74 Å². The third-order valence-corrected chi connectivity index (χ3v) is 6.53. The highest BCUT2D eigenvalue weighted by Crippen LogP contribution is 2.14. The Kier molecular flexibility index (Phi) is 7.25. The lowest BCUT2D eigenvalue weighted by Gasteiger charge is -2.22. The second-order valence-electron chi connectivity index (χ2n) is 6.30. The summed E-state index contributed by atoms with van der Waals surface area (Å²) in [5, 5.41) is 0. The Morgan fingerprint density at radius 1 is 1.12 bits per heavy atom. The predicted molar refractivity (Wildman–Crippen MR) is 98.2 cm³/mol. The fourth-order valence-electron chi connectivity index (χ4n) is 3.01. The highest BCUT2D eigenvalue weighted by molar-refractivity contribution is 7.89. The Labute approximate surface area is 150 Å². The van der Waals surface area contributed by atoms with Gasteiger partial charge in [0, 0.05) is 32.6 Å². The van der Waals surface area contributed by atoms with Gasteiger partial charge in [-0.05, 0) is 37.0 Å². The van der Waals surface area contributed by atoms with Crippen molar-refractivity contribution in [3.63, 3.8) is 0 Å². The van der Waals surface area contributed by atoms with Crippen LogP contribution in [0, 0.1) is 0 Å². The quantitative estimate of drug-likeness (QED) is 0.737. The van der Waals surface area contributed by atoms with E-state index in [-0.39, 0.29) is 11.7 Å². The molecule has 1 aliphatic heterocycles. The van der Waals surface area contributed by atoms with Crippen LogP contribution in [0.5, 0.6) is 5.75 Å². The molecule has 0 aliphatic carbocycles. The Bertz CT molecular complexity index is 658. The minimum Gasteiger partial charge on any atom is -0.497 e. The molecule has 1 aromatic carbocycles. The largest absolute Gasteiger partial charge is 0.497 e. The van der Waals surface area contributed by atoms with Gasteiger partial charge in [-0.1, -0.05) is 19.1 Å². The zero-order chi connectivity index (χ0) is 18.3. The average Bonchev–Trinajstić information content (AvgIpc) is 2.87. The first-order valence-corrected chi connectivity index (χ1v) is 10.5. The second kappa shape index (κ2) is 9.20. The van der Waals surface area contributed by atoms with Crippen LogP contribution in [0.1, 0.15) is 31.7 Å². The van der Waals surface area contributed by atoms with Crippen molar-refractivity contribution in [3.8, 4) is 5.75 Å². The fourth-order valence-corrected chi connectivity index (χ4v) is 4.55. The smallest absolute Gasteiger partial charge is 0.222 e. The van der Waals surface area contributed by atoms with Crippen LogP contribution in [-0.4, -0.2) is 62.6 Å². The van der Waals surface area contributed by atoms with Crippen LogP contribution in [0.25, 0.3) is 0 Å². The molecule has 0 radical (unpaired) electrons. The lowest BCUT2D eigenvalue weighted by atomic mass is 10.1. The fraction of sp³-hybridized carbons (Fsp3) is 0.611. The summed E-state index contributed by atoms with van der Waals surface area (Å²) in [4.78, 5) is 14.3. The molecule has 25 heavy (non-hydrogen) atoms. The minimum atomic E-state index is -3.18. The van der Waals surface area contributed by atoms with E-state index in [4.69, 9.17) is 4.74 Å². The first-order chi connectivity index (χ1) is 12.0. The van der Waals surface area contributed by atoms with Crippen LogP contribution in [0.15, 0.2) is 24.3 Å². The van der Waals surface area contributed by atoms with Crippen molar-refractivity contribution in [1.82, 2.24) is 9.21 Å².